The van der Waals surface area contributed by atoms with Gasteiger partial charge in [0, 0.05) is 28.7 Å². The number of rotatable bonds is 5. The van der Waals surface area contributed by atoms with Gasteiger partial charge in [-0.1, -0.05) is 41.9 Å². The molecule has 1 N–H and O–H groups in total. The van der Waals surface area contributed by atoms with Crippen LogP contribution in [0.5, 0.6) is 5.75 Å². The minimum atomic E-state index is -0.439. The van der Waals surface area contributed by atoms with Crippen LogP contribution in [0.4, 0.5) is 10.1 Å². The number of halogens is 2. The second kappa shape index (κ2) is 7.56. The van der Waals surface area contributed by atoms with Crippen molar-refractivity contribution in [2.75, 3.05) is 12.4 Å². The van der Waals surface area contributed by atoms with Gasteiger partial charge in [0.05, 0.1) is 12.1 Å². The molecule has 0 aliphatic heterocycles. The van der Waals surface area contributed by atoms with Gasteiger partial charge in [-0.25, -0.2) is 4.39 Å². The Labute approximate surface area is 167 Å². The molecule has 0 amide bonds. The maximum absolute atomic E-state index is 13.3. The molecule has 4 rings (SSSR count). The summed E-state index contributed by atoms with van der Waals surface area (Å²) >= 11 is 5.86. The lowest BCUT2D eigenvalue weighted by molar-refractivity contribution is 0.410. The van der Waals surface area contributed by atoms with Crippen LogP contribution >= 0.6 is 11.6 Å². The zero-order valence-corrected chi connectivity index (χ0v) is 16.3. The first-order valence-electron chi connectivity index (χ1n) is 8.91. The fourth-order valence-electron chi connectivity index (χ4n) is 3.38. The third kappa shape index (κ3) is 3.43. The normalized spacial score (nSPS) is 11.0. The van der Waals surface area contributed by atoms with Gasteiger partial charge in [0.25, 0.3) is 0 Å². The number of hydrogen-bond acceptors (Lipinski definition) is 3. The number of anilines is 1. The fraction of sp³-hybridized carbons (Fsp3) is 0.130. The number of methoxy groups -OCH3 is 1. The van der Waals surface area contributed by atoms with Gasteiger partial charge in [0.1, 0.15) is 22.9 Å². The molecule has 0 fully saturated rings. The monoisotopic (exact) mass is 395 g/mol. The minimum Gasteiger partial charge on any atom is -0.496 e. The van der Waals surface area contributed by atoms with Gasteiger partial charge in [-0.05, 0) is 42.8 Å². The SMILES string of the molecule is COc1cc2c(-c3ccccc3)c(C)oc2cc1CNc1ccc(F)c(Cl)c1. The number of hydrogen-bond donors (Lipinski definition) is 1. The zero-order chi connectivity index (χ0) is 19.7. The molecule has 0 radical (unpaired) electrons. The average Bonchev–Trinajstić information content (AvgIpc) is 3.03. The average molecular weight is 396 g/mol. The summed E-state index contributed by atoms with van der Waals surface area (Å²) < 4.78 is 25.0. The molecular formula is C23H19ClFNO2. The fourth-order valence-corrected chi connectivity index (χ4v) is 3.56. The van der Waals surface area contributed by atoms with Gasteiger partial charge in [0.15, 0.2) is 0 Å². The molecule has 0 atom stereocenters. The van der Waals surface area contributed by atoms with Crippen molar-refractivity contribution in [1.29, 1.82) is 0 Å². The summed E-state index contributed by atoms with van der Waals surface area (Å²) in [7, 11) is 1.65. The van der Waals surface area contributed by atoms with Crippen molar-refractivity contribution in [3.63, 3.8) is 0 Å². The predicted octanol–water partition coefficient (Wildman–Crippen LogP) is 6.82. The number of ether oxygens (including phenoxy) is 1. The summed E-state index contributed by atoms with van der Waals surface area (Å²) in [5.74, 6) is 1.18. The zero-order valence-electron chi connectivity index (χ0n) is 15.6. The predicted molar refractivity (Wildman–Crippen MR) is 112 cm³/mol. The number of benzene rings is 3. The van der Waals surface area contributed by atoms with E-state index >= 15 is 0 Å². The highest BCUT2D eigenvalue weighted by molar-refractivity contribution is 6.31. The molecule has 0 aliphatic carbocycles. The van der Waals surface area contributed by atoms with Crippen molar-refractivity contribution in [1.82, 2.24) is 0 Å². The topological polar surface area (TPSA) is 34.4 Å². The van der Waals surface area contributed by atoms with Crippen molar-refractivity contribution < 1.29 is 13.5 Å². The van der Waals surface area contributed by atoms with Crippen molar-refractivity contribution in [2.45, 2.75) is 13.5 Å². The van der Waals surface area contributed by atoms with Crippen molar-refractivity contribution in [2.24, 2.45) is 0 Å². The molecule has 142 valence electrons. The Balaban J connectivity index is 1.71. The summed E-state index contributed by atoms with van der Waals surface area (Å²) in [5.41, 5.74) is 4.63. The van der Waals surface area contributed by atoms with Crippen LogP contribution < -0.4 is 10.1 Å². The minimum absolute atomic E-state index is 0.0848. The van der Waals surface area contributed by atoms with E-state index in [0.29, 0.717) is 6.54 Å². The Hall–Kier alpha value is -2.98. The highest BCUT2D eigenvalue weighted by Gasteiger charge is 2.16. The molecule has 0 aliphatic rings. The summed E-state index contributed by atoms with van der Waals surface area (Å²) in [5, 5.41) is 4.34. The third-order valence-electron chi connectivity index (χ3n) is 4.73. The van der Waals surface area contributed by atoms with Gasteiger partial charge in [0.2, 0.25) is 0 Å². The third-order valence-corrected chi connectivity index (χ3v) is 5.02. The van der Waals surface area contributed by atoms with Crippen LogP contribution in [0, 0.1) is 12.7 Å². The lowest BCUT2D eigenvalue weighted by Crippen LogP contribution is -2.02. The van der Waals surface area contributed by atoms with Crippen LogP contribution in [0.15, 0.2) is 65.1 Å². The first-order valence-corrected chi connectivity index (χ1v) is 9.29. The number of furan rings is 1. The van der Waals surface area contributed by atoms with Crippen molar-refractivity contribution in [3.8, 4) is 16.9 Å². The molecule has 1 aromatic heterocycles. The quantitative estimate of drug-likeness (QED) is 0.402. The molecular weight excluding hydrogens is 377 g/mol. The Kier molecular flexibility index (Phi) is 4.97. The molecule has 0 saturated heterocycles. The van der Waals surface area contributed by atoms with E-state index in [0.717, 1.165) is 44.9 Å². The second-order valence-corrected chi connectivity index (χ2v) is 6.95. The first kappa shape index (κ1) is 18.4. The van der Waals surface area contributed by atoms with E-state index in [-0.39, 0.29) is 5.02 Å². The molecule has 0 spiro atoms. The standard InChI is InChI=1S/C23H19ClFNO2/c1-14-23(15-6-4-3-5-7-15)18-12-21(27-2)16(10-22(18)28-14)13-26-17-8-9-20(25)19(24)11-17/h3-12,26H,13H2,1-2H3. The molecule has 1 heterocycles. The molecule has 0 unspecified atom stereocenters. The Morgan fingerprint density at radius 1 is 1.07 bits per heavy atom. The van der Waals surface area contributed by atoms with E-state index in [1.807, 2.05) is 37.3 Å². The van der Waals surface area contributed by atoms with Crippen molar-refractivity contribution >= 4 is 28.3 Å². The summed E-state index contributed by atoms with van der Waals surface area (Å²) in [4.78, 5) is 0. The maximum Gasteiger partial charge on any atom is 0.141 e. The molecule has 0 bridgehead atoms. The molecule has 0 saturated carbocycles. The number of fused-ring (bicyclic) bond motifs is 1. The van der Waals surface area contributed by atoms with E-state index < -0.39 is 5.82 Å². The van der Waals surface area contributed by atoms with Crippen molar-refractivity contribution in [3.05, 3.63) is 82.8 Å². The van der Waals surface area contributed by atoms with Crippen LogP contribution in [-0.2, 0) is 6.54 Å². The molecule has 3 aromatic carbocycles. The first-order chi connectivity index (χ1) is 13.6. The summed E-state index contributed by atoms with van der Waals surface area (Å²) in [6.45, 7) is 2.45. The summed E-state index contributed by atoms with van der Waals surface area (Å²) in [6, 6.07) is 18.7. The largest absolute Gasteiger partial charge is 0.496 e. The van der Waals surface area contributed by atoms with E-state index in [9.17, 15) is 4.39 Å². The van der Waals surface area contributed by atoms with Gasteiger partial charge < -0.3 is 14.5 Å². The highest BCUT2D eigenvalue weighted by Crippen LogP contribution is 2.38. The molecule has 28 heavy (non-hydrogen) atoms. The van der Waals surface area contributed by atoms with Gasteiger partial charge in [-0.3, -0.25) is 0 Å². The number of aryl methyl sites for hydroxylation is 1. The van der Waals surface area contributed by atoms with Crippen LogP contribution in [-0.4, -0.2) is 7.11 Å². The smallest absolute Gasteiger partial charge is 0.141 e. The van der Waals surface area contributed by atoms with E-state index in [4.69, 9.17) is 20.8 Å². The highest BCUT2D eigenvalue weighted by atomic mass is 35.5. The molecule has 5 heteroatoms. The Morgan fingerprint density at radius 2 is 1.86 bits per heavy atom. The van der Waals surface area contributed by atoms with Crippen LogP contribution in [0.3, 0.4) is 0 Å². The van der Waals surface area contributed by atoms with E-state index in [1.165, 1.54) is 6.07 Å². The van der Waals surface area contributed by atoms with E-state index in [2.05, 4.69) is 17.4 Å². The van der Waals surface area contributed by atoms with Gasteiger partial charge >= 0.3 is 0 Å². The molecule has 4 aromatic rings. The summed E-state index contributed by atoms with van der Waals surface area (Å²) in [6.07, 6.45) is 0. The Bertz CT molecular complexity index is 1140. The lowest BCUT2D eigenvalue weighted by atomic mass is 10.0. The maximum atomic E-state index is 13.3. The van der Waals surface area contributed by atoms with Gasteiger partial charge in [-0.15, -0.1) is 0 Å². The van der Waals surface area contributed by atoms with Gasteiger partial charge in [-0.2, -0.15) is 0 Å². The number of nitrogens with one attached hydrogen (secondary N) is 1. The van der Waals surface area contributed by atoms with Crippen LogP contribution in [0.1, 0.15) is 11.3 Å². The molecule has 3 nitrogen and oxygen atoms in total. The van der Waals surface area contributed by atoms with E-state index in [1.54, 1.807) is 19.2 Å². The Morgan fingerprint density at radius 3 is 2.57 bits per heavy atom. The van der Waals surface area contributed by atoms with Crippen LogP contribution in [0.2, 0.25) is 5.02 Å². The van der Waals surface area contributed by atoms with Crippen LogP contribution in [0.25, 0.3) is 22.1 Å². The lowest BCUT2D eigenvalue weighted by Gasteiger charge is -2.12. The second-order valence-electron chi connectivity index (χ2n) is 6.54.